The van der Waals surface area contributed by atoms with Crippen LogP contribution in [0, 0.1) is 0 Å². The topological polar surface area (TPSA) is 90.5 Å². The van der Waals surface area contributed by atoms with Crippen LogP contribution in [-0.4, -0.2) is 59.4 Å². The van der Waals surface area contributed by atoms with Gasteiger partial charge in [-0.05, 0) is 37.5 Å². The zero-order valence-corrected chi connectivity index (χ0v) is 18.7. The van der Waals surface area contributed by atoms with Crippen molar-refractivity contribution in [3.8, 4) is 0 Å². The fraction of sp³-hybridized carbons (Fsp3) is 0.429. The number of halogens is 2. The second-order valence-corrected chi connectivity index (χ2v) is 8.70. The van der Waals surface area contributed by atoms with Crippen LogP contribution < -0.4 is 15.5 Å². The molecule has 1 saturated heterocycles. The van der Waals surface area contributed by atoms with Crippen LogP contribution in [0.15, 0.2) is 24.5 Å². The van der Waals surface area contributed by atoms with E-state index < -0.39 is 0 Å². The number of fused-ring (bicyclic) bond motifs is 1. The second-order valence-electron chi connectivity index (χ2n) is 7.83. The van der Waals surface area contributed by atoms with Crippen molar-refractivity contribution in [1.29, 1.82) is 0 Å². The second kappa shape index (κ2) is 9.28. The van der Waals surface area contributed by atoms with Gasteiger partial charge in [-0.25, -0.2) is 9.97 Å². The normalized spacial score (nSPS) is 18.2. The zero-order chi connectivity index (χ0) is 22.0. The van der Waals surface area contributed by atoms with Crippen molar-refractivity contribution in [2.75, 3.05) is 42.2 Å². The van der Waals surface area contributed by atoms with Crippen LogP contribution in [-0.2, 0) is 16.0 Å². The minimum Gasteiger partial charge on any atom is -0.376 e. The number of aromatic nitrogens is 2. The summed E-state index contributed by atoms with van der Waals surface area (Å²) < 4.78 is 0. The van der Waals surface area contributed by atoms with E-state index in [0.717, 1.165) is 30.8 Å². The fourth-order valence-electron chi connectivity index (χ4n) is 4.09. The molecule has 0 saturated carbocycles. The lowest BCUT2D eigenvalue weighted by Crippen LogP contribution is -2.50. The zero-order valence-electron chi connectivity index (χ0n) is 17.2. The van der Waals surface area contributed by atoms with Gasteiger partial charge in [0.25, 0.3) is 0 Å². The summed E-state index contributed by atoms with van der Waals surface area (Å²) in [4.78, 5) is 37.2. The fourth-order valence-corrected chi connectivity index (χ4v) is 4.62. The molecule has 2 aromatic rings. The number of rotatable bonds is 5. The number of nitrogens with one attached hydrogen (secondary N) is 2. The molecule has 0 radical (unpaired) electrons. The molecule has 0 spiro atoms. The number of nitrogens with zero attached hydrogens (tertiary/aromatic N) is 4. The summed E-state index contributed by atoms with van der Waals surface area (Å²) in [5.41, 5.74) is 1.67. The quantitative estimate of drug-likeness (QED) is 0.708. The summed E-state index contributed by atoms with van der Waals surface area (Å²) in [6, 6.07) is 5.27. The van der Waals surface area contributed by atoms with Crippen LogP contribution in [0.3, 0.4) is 0 Å². The van der Waals surface area contributed by atoms with E-state index in [1.54, 1.807) is 18.2 Å². The van der Waals surface area contributed by atoms with Gasteiger partial charge >= 0.3 is 0 Å². The molecular weight excluding hydrogens is 439 g/mol. The molecule has 1 aromatic heterocycles. The summed E-state index contributed by atoms with van der Waals surface area (Å²) >= 11 is 12.1. The van der Waals surface area contributed by atoms with Crippen molar-refractivity contribution >= 4 is 52.3 Å². The van der Waals surface area contributed by atoms with Crippen LogP contribution in [0.25, 0.3) is 0 Å². The van der Waals surface area contributed by atoms with Gasteiger partial charge in [0.15, 0.2) is 0 Å². The molecule has 0 bridgehead atoms. The highest BCUT2D eigenvalue weighted by atomic mass is 35.5. The minimum atomic E-state index is -0.0252. The molecule has 4 rings (SSSR count). The molecule has 8 nitrogen and oxygen atoms in total. The molecule has 2 N–H and O–H groups in total. The molecule has 0 unspecified atom stereocenters. The molecular formula is C21H24Cl2N6O2. The van der Waals surface area contributed by atoms with Crippen LogP contribution in [0.4, 0.5) is 17.3 Å². The van der Waals surface area contributed by atoms with Gasteiger partial charge in [-0.15, -0.1) is 0 Å². The largest absolute Gasteiger partial charge is 0.376 e. The van der Waals surface area contributed by atoms with E-state index in [4.69, 9.17) is 23.2 Å². The Bertz CT molecular complexity index is 982. The minimum absolute atomic E-state index is 0.0196. The smallest absolute Gasteiger partial charge is 0.241 e. The first-order valence-corrected chi connectivity index (χ1v) is 11.0. The van der Waals surface area contributed by atoms with Gasteiger partial charge in [-0.3, -0.25) is 9.59 Å². The molecule has 10 heteroatoms. The summed E-state index contributed by atoms with van der Waals surface area (Å²) in [5, 5.41) is 6.97. The van der Waals surface area contributed by atoms with E-state index in [2.05, 4.69) is 25.5 Å². The number of piperidine rings is 1. The van der Waals surface area contributed by atoms with Crippen molar-refractivity contribution in [2.45, 2.75) is 31.7 Å². The number of benzene rings is 1. The van der Waals surface area contributed by atoms with E-state index in [-0.39, 0.29) is 24.4 Å². The third-order valence-corrected chi connectivity index (χ3v) is 6.16. The highest BCUT2D eigenvalue weighted by Crippen LogP contribution is 2.30. The van der Waals surface area contributed by atoms with Crippen LogP contribution in [0.1, 0.15) is 24.8 Å². The van der Waals surface area contributed by atoms with Gasteiger partial charge in [0.1, 0.15) is 18.0 Å². The molecule has 1 fully saturated rings. The number of amides is 2. The van der Waals surface area contributed by atoms with Crippen molar-refractivity contribution in [1.82, 2.24) is 14.9 Å². The molecule has 3 heterocycles. The van der Waals surface area contributed by atoms with Gasteiger partial charge in [0.2, 0.25) is 11.8 Å². The molecule has 2 aliphatic heterocycles. The molecule has 0 aliphatic carbocycles. The van der Waals surface area contributed by atoms with Crippen molar-refractivity contribution in [3.63, 3.8) is 0 Å². The first-order chi connectivity index (χ1) is 14.9. The number of anilines is 3. The number of carbonyl (C=O) groups is 2. The Kier molecular flexibility index (Phi) is 6.48. The molecule has 1 aromatic carbocycles. The van der Waals surface area contributed by atoms with Gasteiger partial charge in [0, 0.05) is 53.9 Å². The average Bonchev–Trinajstić information content (AvgIpc) is 2.75. The predicted molar refractivity (Wildman–Crippen MR) is 122 cm³/mol. The highest BCUT2D eigenvalue weighted by Gasteiger charge is 2.29. The molecule has 31 heavy (non-hydrogen) atoms. The summed E-state index contributed by atoms with van der Waals surface area (Å²) in [6.45, 7) is 1.50. The van der Waals surface area contributed by atoms with E-state index >= 15 is 0 Å². The summed E-state index contributed by atoms with van der Waals surface area (Å²) in [5.74, 6) is 1.39. The SMILES string of the molecule is CN(c1ncnc2c1CCC(=O)N2)[C@H]1CCCN(C(=O)CNc2cc(Cl)cc(Cl)c2)C1. The van der Waals surface area contributed by atoms with Gasteiger partial charge < -0.3 is 20.4 Å². The number of likely N-dealkylation sites (N-methyl/N-ethyl adjacent to an activating group) is 1. The van der Waals surface area contributed by atoms with Crippen molar-refractivity contribution < 1.29 is 9.59 Å². The Morgan fingerprint density at radius 1 is 1.26 bits per heavy atom. The maximum atomic E-state index is 12.8. The predicted octanol–water partition coefficient (Wildman–Crippen LogP) is 3.21. The van der Waals surface area contributed by atoms with E-state index in [9.17, 15) is 9.59 Å². The molecule has 1 atom stereocenters. The third-order valence-electron chi connectivity index (χ3n) is 5.72. The van der Waals surface area contributed by atoms with Crippen molar-refractivity contribution in [2.24, 2.45) is 0 Å². The lowest BCUT2D eigenvalue weighted by molar-refractivity contribution is -0.130. The molecule has 164 valence electrons. The maximum absolute atomic E-state index is 12.8. The first-order valence-electron chi connectivity index (χ1n) is 10.2. The van der Waals surface area contributed by atoms with E-state index in [0.29, 0.717) is 40.9 Å². The lowest BCUT2D eigenvalue weighted by Gasteiger charge is -2.39. The van der Waals surface area contributed by atoms with Gasteiger partial charge in [-0.2, -0.15) is 0 Å². The first kappa shape index (κ1) is 21.6. The number of carbonyl (C=O) groups excluding carboxylic acids is 2. The third kappa shape index (κ3) is 5.02. The Morgan fingerprint density at radius 2 is 2.03 bits per heavy atom. The number of likely N-dealkylation sites (tertiary alicyclic amines) is 1. The standard InChI is InChI=1S/C21H24Cl2N6O2/c1-28(21-17-4-5-18(30)27-20(17)25-12-26-21)16-3-2-6-29(11-16)19(31)10-24-15-8-13(22)7-14(23)9-15/h7-9,12,16,24H,2-6,10-11H2,1H3,(H,25,26,27,30)/t16-/m0/s1. The van der Waals surface area contributed by atoms with Crippen LogP contribution in [0.5, 0.6) is 0 Å². The molecule has 2 aliphatic rings. The van der Waals surface area contributed by atoms with Crippen LogP contribution in [0.2, 0.25) is 10.0 Å². The lowest BCUT2D eigenvalue weighted by atomic mass is 10.0. The number of hydrogen-bond acceptors (Lipinski definition) is 6. The number of hydrogen-bond donors (Lipinski definition) is 2. The van der Waals surface area contributed by atoms with Gasteiger partial charge in [0.05, 0.1) is 6.54 Å². The van der Waals surface area contributed by atoms with E-state index in [1.807, 2.05) is 11.9 Å². The summed E-state index contributed by atoms with van der Waals surface area (Å²) in [7, 11) is 1.99. The maximum Gasteiger partial charge on any atom is 0.241 e. The Labute approximate surface area is 190 Å². The van der Waals surface area contributed by atoms with Crippen molar-refractivity contribution in [3.05, 3.63) is 40.1 Å². The Hall–Kier alpha value is -2.58. The van der Waals surface area contributed by atoms with E-state index in [1.165, 1.54) is 6.33 Å². The average molecular weight is 463 g/mol. The highest BCUT2D eigenvalue weighted by molar-refractivity contribution is 6.35. The summed E-state index contributed by atoms with van der Waals surface area (Å²) in [6.07, 6.45) is 4.39. The molecule has 2 amide bonds. The van der Waals surface area contributed by atoms with Crippen LogP contribution >= 0.6 is 23.2 Å². The Balaban J connectivity index is 1.41. The monoisotopic (exact) mass is 462 g/mol. The Morgan fingerprint density at radius 3 is 2.81 bits per heavy atom. The van der Waals surface area contributed by atoms with Gasteiger partial charge in [-0.1, -0.05) is 23.2 Å².